The van der Waals surface area contributed by atoms with Gasteiger partial charge in [-0.25, -0.2) is 19.7 Å². The fraction of sp³-hybridized carbons (Fsp3) is 0.680. The molecule has 0 aliphatic carbocycles. The Morgan fingerprint density at radius 2 is 1.98 bits per heavy atom. The summed E-state index contributed by atoms with van der Waals surface area (Å²) in [4.78, 5) is 52.4. The van der Waals surface area contributed by atoms with E-state index in [1.807, 2.05) is 0 Å². The number of ether oxygens (including phenoxy) is 2. The Balaban J connectivity index is 1.15. The second-order valence-electron chi connectivity index (χ2n) is 10.5. The van der Waals surface area contributed by atoms with Crippen molar-refractivity contribution < 1.29 is 34.1 Å². The first-order valence-electron chi connectivity index (χ1n) is 13.7. The molecule has 15 heteroatoms. The van der Waals surface area contributed by atoms with E-state index in [1.165, 1.54) is 15.8 Å². The number of piperidine rings is 1. The summed E-state index contributed by atoms with van der Waals surface area (Å²) in [6.07, 6.45) is -0.271. The zero-order valence-electron chi connectivity index (χ0n) is 22.6. The first-order valence-corrected chi connectivity index (χ1v) is 13.7. The Labute approximate surface area is 230 Å². The third-order valence-electron chi connectivity index (χ3n) is 7.91. The number of imidazole rings is 1. The number of carbonyl (C=O) groups excluding carboxylic acids is 3. The number of hydrogen-bond donors (Lipinski definition) is 4. The maximum atomic E-state index is 12.4. The number of aryl methyl sites for hydroxylation is 1. The molecule has 15 nitrogen and oxygen atoms in total. The van der Waals surface area contributed by atoms with E-state index in [-0.39, 0.29) is 24.2 Å². The number of aliphatic hydroxyl groups is 2. The van der Waals surface area contributed by atoms with Gasteiger partial charge in [0, 0.05) is 33.1 Å². The van der Waals surface area contributed by atoms with Gasteiger partial charge in [0.15, 0.2) is 30.0 Å². The van der Waals surface area contributed by atoms with E-state index in [2.05, 4.69) is 20.3 Å². The SMILES string of the molecule is CCNC(=O)[C@H]1O[C@@H](n2cnc3c(N)nc(CCCC4CCN(C(=O)OC5CC(=O)N5C)CC4)nc32)[C@@H](O)C1O. The van der Waals surface area contributed by atoms with Gasteiger partial charge in [0.1, 0.15) is 23.5 Å². The van der Waals surface area contributed by atoms with Crippen LogP contribution in [0.2, 0.25) is 0 Å². The van der Waals surface area contributed by atoms with E-state index in [1.54, 1.807) is 18.9 Å². The van der Waals surface area contributed by atoms with Crippen LogP contribution in [0, 0.1) is 5.92 Å². The molecular weight excluding hydrogens is 524 g/mol. The van der Waals surface area contributed by atoms with Crippen molar-refractivity contribution in [2.24, 2.45) is 5.92 Å². The van der Waals surface area contributed by atoms with E-state index in [0.717, 1.165) is 25.7 Å². The van der Waals surface area contributed by atoms with E-state index < -0.39 is 36.7 Å². The number of rotatable bonds is 8. The van der Waals surface area contributed by atoms with Crippen molar-refractivity contribution >= 4 is 34.9 Å². The maximum Gasteiger partial charge on any atom is 0.411 e. The summed E-state index contributed by atoms with van der Waals surface area (Å²) in [5.41, 5.74) is 6.84. The van der Waals surface area contributed by atoms with Gasteiger partial charge in [0.2, 0.25) is 5.91 Å². The van der Waals surface area contributed by atoms with Gasteiger partial charge in [-0.15, -0.1) is 0 Å². The summed E-state index contributed by atoms with van der Waals surface area (Å²) in [6.45, 7) is 3.32. The molecule has 5 heterocycles. The number of fused-ring (bicyclic) bond motifs is 1. The zero-order valence-corrected chi connectivity index (χ0v) is 22.6. The fourth-order valence-electron chi connectivity index (χ4n) is 5.41. The molecule has 3 saturated heterocycles. The highest BCUT2D eigenvalue weighted by Gasteiger charge is 2.47. The van der Waals surface area contributed by atoms with Crippen molar-refractivity contribution in [3.63, 3.8) is 0 Å². The normalized spacial score (nSPS) is 27.2. The summed E-state index contributed by atoms with van der Waals surface area (Å²) in [7, 11) is 1.62. The third kappa shape index (κ3) is 5.40. The molecule has 0 bridgehead atoms. The highest BCUT2D eigenvalue weighted by Crippen LogP contribution is 2.32. The first kappa shape index (κ1) is 28.0. The van der Waals surface area contributed by atoms with Crippen molar-refractivity contribution in [2.45, 2.75) is 76.2 Å². The molecule has 3 aliphatic heterocycles. The van der Waals surface area contributed by atoms with Crippen molar-refractivity contribution in [1.82, 2.24) is 34.6 Å². The van der Waals surface area contributed by atoms with Gasteiger partial charge in [-0.2, -0.15) is 0 Å². The molecule has 3 fully saturated rings. The number of nitrogens with one attached hydrogen (secondary N) is 1. The van der Waals surface area contributed by atoms with Crippen LogP contribution in [0.1, 0.15) is 51.1 Å². The molecule has 3 aliphatic rings. The minimum Gasteiger partial charge on any atom is -0.425 e. The van der Waals surface area contributed by atoms with Gasteiger partial charge in [-0.05, 0) is 38.5 Å². The van der Waals surface area contributed by atoms with Gasteiger partial charge in [0.05, 0.1) is 12.7 Å². The average Bonchev–Trinajstić information content (AvgIpc) is 3.49. The number of β-lactam (4-membered cyclic amide) rings is 1. The topological polar surface area (TPSA) is 198 Å². The Bertz CT molecular complexity index is 1260. The second-order valence-corrected chi connectivity index (χ2v) is 10.5. The van der Waals surface area contributed by atoms with Crippen molar-refractivity contribution in [3.05, 3.63) is 12.2 Å². The Hall–Kier alpha value is -3.56. The van der Waals surface area contributed by atoms with Crippen LogP contribution in [-0.2, 0) is 25.5 Å². The molecule has 0 radical (unpaired) electrons. The molecular formula is C25H36N8O7. The number of hydrogen-bond acceptors (Lipinski definition) is 11. The van der Waals surface area contributed by atoms with Crippen LogP contribution in [0.5, 0.6) is 0 Å². The van der Waals surface area contributed by atoms with Gasteiger partial charge >= 0.3 is 6.09 Å². The molecule has 0 spiro atoms. The fourth-order valence-corrected chi connectivity index (χ4v) is 5.41. The number of aliphatic hydroxyl groups excluding tert-OH is 2. The third-order valence-corrected chi connectivity index (χ3v) is 7.91. The minimum absolute atomic E-state index is 0.0285. The number of nitrogens with two attached hydrogens (primary N) is 1. The van der Waals surface area contributed by atoms with E-state index in [0.29, 0.717) is 49.0 Å². The predicted octanol–water partition coefficient (Wildman–Crippen LogP) is -0.477. The minimum atomic E-state index is -1.41. The van der Waals surface area contributed by atoms with Gasteiger partial charge < -0.3 is 40.5 Å². The monoisotopic (exact) mass is 560 g/mol. The molecule has 218 valence electrons. The van der Waals surface area contributed by atoms with Gasteiger partial charge in [-0.1, -0.05) is 0 Å². The van der Waals surface area contributed by atoms with Crippen molar-refractivity contribution in [1.29, 1.82) is 0 Å². The van der Waals surface area contributed by atoms with Crippen LogP contribution in [0.15, 0.2) is 6.33 Å². The van der Waals surface area contributed by atoms with Crippen LogP contribution in [-0.4, -0.2) is 109 Å². The molecule has 2 aromatic rings. The molecule has 0 aromatic carbocycles. The van der Waals surface area contributed by atoms with E-state index in [9.17, 15) is 24.6 Å². The highest BCUT2D eigenvalue weighted by molar-refractivity contribution is 5.84. The van der Waals surface area contributed by atoms with Crippen LogP contribution in [0.4, 0.5) is 10.6 Å². The van der Waals surface area contributed by atoms with Crippen LogP contribution in [0.3, 0.4) is 0 Å². The summed E-state index contributed by atoms with van der Waals surface area (Å²) >= 11 is 0. The summed E-state index contributed by atoms with van der Waals surface area (Å²) in [5.74, 6) is 0.608. The standard InChI is InChI=1S/C25H36N8O7/c1-3-27-23(37)20-18(35)19(36)24(40-20)33-12-28-17-21(26)29-14(30-22(17)33)6-4-5-13-7-9-32(10-8-13)25(38)39-16-11-15(34)31(16)2/h12-13,16,18-20,24,35-36H,3-11H2,1-2H3,(H,27,37)(H2,26,29,30)/t16?,18?,19-,20-,24+/m0/s1. The molecule has 2 aromatic heterocycles. The maximum absolute atomic E-state index is 12.4. The summed E-state index contributed by atoms with van der Waals surface area (Å²) < 4.78 is 12.6. The quantitative estimate of drug-likeness (QED) is 0.304. The van der Waals surface area contributed by atoms with E-state index in [4.69, 9.17) is 15.2 Å². The lowest BCUT2D eigenvalue weighted by atomic mass is 9.91. The largest absolute Gasteiger partial charge is 0.425 e. The molecule has 3 amide bonds. The molecule has 5 atom stereocenters. The molecule has 0 saturated carbocycles. The lowest BCUT2D eigenvalue weighted by molar-refractivity contribution is -0.161. The highest BCUT2D eigenvalue weighted by atomic mass is 16.6. The van der Waals surface area contributed by atoms with Gasteiger partial charge in [-0.3, -0.25) is 14.2 Å². The number of nitrogens with zero attached hydrogens (tertiary/aromatic N) is 6. The molecule has 2 unspecified atom stereocenters. The average molecular weight is 561 g/mol. The van der Waals surface area contributed by atoms with Crippen molar-refractivity contribution in [2.75, 3.05) is 32.4 Å². The Kier molecular flexibility index (Phi) is 8.05. The number of aromatic nitrogens is 4. The summed E-state index contributed by atoms with van der Waals surface area (Å²) in [6, 6.07) is 0. The van der Waals surface area contributed by atoms with E-state index >= 15 is 0 Å². The zero-order chi connectivity index (χ0) is 28.6. The molecule has 40 heavy (non-hydrogen) atoms. The molecule has 5 N–H and O–H groups in total. The number of anilines is 1. The van der Waals surface area contributed by atoms with Crippen LogP contribution >= 0.6 is 0 Å². The van der Waals surface area contributed by atoms with Crippen molar-refractivity contribution in [3.8, 4) is 0 Å². The smallest absolute Gasteiger partial charge is 0.411 e. The lowest BCUT2D eigenvalue weighted by Gasteiger charge is -2.38. The Morgan fingerprint density at radius 3 is 2.65 bits per heavy atom. The first-order chi connectivity index (χ1) is 19.2. The molecule has 5 rings (SSSR count). The Morgan fingerprint density at radius 1 is 1.23 bits per heavy atom. The predicted molar refractivity (Wildman–Crippen MR) is 139 cm³/mol. The van der Waals surface area contributed by atoms with Crippen LogP contribution in [0.25, 0.3) is 11.2 Å². The number of likely N-dealkylation sites (tertiary alicyclic amines) is 2. The lowest BCUT2D eigenvalue weighted by Crippen LogP contribution is -2.54. The number of likely N-dealkylation sites (N-methyl/N-ethyl adjacent to an activating group) is 1. The van der Waals surface area contributed by atoms with Crippen LogP contribution < -0.4 is 11.1 Å². The number of carbonyl (C=O) groups is 3. The van der Waals surface area contributed by atoms with Gasteiger partial charge in [0.25, 0.3) is 5.91 Å². The summed E-state index contributed by atoms with van der Waals surface area (Å²) in [5, 5.41) is 23.6. The number of amides is 3. The second kappa shape index (κ2) is 11.5. The number of nitrogen functional groups attached to an aromatic ring is 1.